The van der Waals surface area contributed by atoms with E-state index in [0.717, 1.165) is 15.4 Å². The summed E-state index contributed by atoms with van der Waals surface area (Å²) < 4.78 is 0.755. The van der Waals surface area contributed by atoms with Gasteiger partial charge in [-0.3, -0.25) is 0 Å². The van der Waals surface area contributed by atoms with E-state index in [1.165, 1.54) is 0 Å². The van der Waals surface area contributed by atoms with Crippen molar-refractivity contribution in [3.8, 4) is 0 Å². The third-order valence-electron chi connectivity index (χ3n) is 1.20. The summed E-state index contributed by atoms with van der Waals surface area (Å²) in [4.78, 5) is 0. The van der Waals surface area contributed by atoms with Crippen LogP contribution < -0.4 is 0 Å². The summed E-state index contributed by atoms with van der Waals surface area (Å²) >= 11 is 18.3. The zero-order chi connectivity index (χ0) is 8.43. The Labute approximate surface area is 92.1 Å². The lowest BCUT2D eigenvalue weighted by molar-refractivity contribution is 1.42. The Balaban J connectivity index is 3.21. The number of hydrogen-bond donors (Lipinski definition) is 0. The minimum absolute atomic E-state index is 0.645. The minimum atomic E-state index is 0.645. The second kappa shape index (κ2) is 4.13. The molecule has 0 aliphatic rings. The zero-order valence-corrected chi connectivity index (χ0v) is 10.1. The molecule has 0 amide bonds. The molecular formula is C7H4Br2Cl2. The molecule has 0 fully saturated rings. The molecule has 1 aromatic rings. The highest BCUT2D eigenvalue weighted by Gasteiger charge is 2.03. The van der Waals surface area contributed by atoms with E-state index in [1.54, 1.807) is 0 Å². The maximum atomic E-state index is 5.85. The molecule has 11 heavy (non-hydrogen) atoms. The Morgan fingerprint density at radius 3 is 2.00 bits per heavy atom. The van der Waals surface area contributed by atoms with Crippen molar-refractivity contribution in [2.45, 2.75) is 5.33 Å². The highest BCUT2D eigenvalue weighted by Crippen LogP contribution is 2.31. The first-order valence-corrected chi connectivity index (χ1v) is 5.51. The fraction of sp³-hybridized carbons (Fsp3) is 0.143. The van der Waals surface area contributed by atoms with E-state index in [0.29, 0.717) is 10.0 Å². The van der Waals surface area contributed by atoms with Gasteiger partial charge in [0.05, 0.1) is 14.5 Å². The normalized spacial score (nSPS) is 10.2. The molecule has 0 saturated carbocycles. The molecule has 0 N–H and O–H groups in total. The van der Waals surface area contributed by atoms with Gasteiger partial charge in [-0.2, -0.15) is 0 Å². The van der Waals surface area contributed by atoms with Gasteiger partial charge in [-0.05, 0) is 33.6 Å². The van der Waals surface area contributed by atoms with Crippen LogP contribution in [0.3, 0.4) is 0 Å². The molecule has 0 nitrogen and oxygen atoms in total. The number of hydrogen-bond acceptors (Lipinski definition) is 0. The van der Waals surface area contributed by atoms with Gasteiger partial charge in [0.15, 0.2) is 0 Å². The molecule has 0 aliphatic carbocycles. The second-order valence-electron chi connectivity index (χ2n) is 2.01. The van der Waals surface area contributed by atoms with Gasteiger partial charge in [0, 0.05) is 5.33 Å². The van der Waals surface area contributed by atoms with Crippen LogP contribution in [-0.2, 0) is 5.33 Å². The number of rotatable bonds is 1. The van der Waals surface area contributed by atoms with Crippen molar-refractivity contribution < 1.29 is 0 Å². The van der Waals surface area contributed by atoms with Crippen LogP contribution in [0.1, 0.15) is 5.56 Å². The maximum absolute atomic E-state index is 5.85. The van der Waals surface area contributed by atoms with Crippen LogP contribution >= 0.6 is 55.1 Å². The third-order valence-corrected chi connectivity index (χ3v) is 3.75. The predicted molar refractivity (Wildman–Crippen MR) is 56.8 cm³/mol. The highest BCUT2D eigenvalue weighted by molar-refractivity contribution is 9.10. The Bertz CT molecular complexity index is 250. The largest absolute Gasteiger partial charge is 0.0876 e. The molecule has 1 aromatic carbocycles. The van der Waals surface area contributed by atoms with Gasteiger partial charge in [-0.25, -0.2) is 0 Å². The summed E-state index contributed by atoms with van der Waals surface area (Å²) in [7, 11) is 0. The highest BCUT2D eigenvalue weighted by atomic mass is 79.9. The van der Waals surface area contributed by atoms with E-state index < -0.39 is 0 Å². The average molecular weight is 319 g/mol. The predicted octanol–water partition coefficient (Wildman–Crippen LogP) is 4.65. The third kappa shape index (κ3) is 2.35. The SMILES string of the molecule is Clc1cc(CBr)cc(Cl)c1Br. The molecule has 0 unspecified atom stereocenters. The van der Waals surface area contributed by atoms with E-state index in [-0.39, 0.29) is 0 Å². The smallest absolute Gasteiger partial charge is 0.0566 e. The molecule has 60 valence electrons. The number of halogens is 4. The van der Waals surface area contributed by atoms with Gasteiger partial charge in [-0.1, -0.05) is 39.1 Å². The standard InChI is InChI=1S/C7H4Br2Cl2/c8-3-4-1-5(10)7(9)6(11)2-4/h1-2H,3H2. The Morgan fingerprint density at radius 2 is 1.64 bits per heavy atom. The van der Waals surface area contributed by atoms with E-state index in [9.17, 15) is 0 Å². The fourth-order valence-corrected chi connectivity index (χ4v) is 1.77. The van der Waals surface area contributed by atoms with Crippen molar-refractivity contribution in [2.75, 3.05) is 0 Å². The van der Waals surface area contributed by atoms with Crippen LogP contribution in [0.2, 0.25) is 10.0 Å². The molecule has 0 heterocycles. The van der Waals surface area contributed by atoms with Crippen LogP contribution in [0.4, 0.5) is 0 Å². The molecule has 0 aromatic heterocycles. The van der Waals surface area contributed by atoms with Crippen LogP contribution in [-0.4, -0.2) is 0 Å². The molecule has 0 radical (unpaired) electrons. The molecule has 1 rings (SSSR count). The van der Waals surface area contributed by atoms with E-state index >= 15 is 0 Å². The van der Waals surface area contributed by atoms with Crippen molar-refractivity contribution >= 4 is 55.1 Å². The van der Waals surface area contributed by atoms with Crippen molar-refractivity contribution in [3.63, 3.8) is 0 Å². The quantitative estimate of drug-likeness (QED) is 0.522. The maximum Gasteiger partial charge on any atom is 0.0566 e. The topological polar surface area (TPSA) is 0 Å². The molecule has 4 heteroatoms. The molecule has 0 spiro atoms. The lowest BCUT2D eigenvalue weighted by Gasteiger charge is -2.01. The van der Waals surface area contributed by atoms with E-state index in [2.05, 4.69) is 31.9 Å². The second-order valence-corrected chi connectivity index (χ2v) is 4.18. The zero-order valence-electron chi connectivity index (χ0n) is 5.37. The average Bonchev–Trinajstić information content (AvgIpc) is 1.99. The summed E-state index contributed by atoms with van der Waals surface area (Å²) in [5.41, 5.74) is 1.07. The Morgan fingerprint density at radius 1 is 1.18 bits per heavy atom. The lowest BCUT2D eigenvalue weighted by Crippen LogP contribution is -1.79. The number of benzene rings is 1. The summed E-state index contributed by atoms with van der Waals surface area (Å²) in [5, 5.41) is 2.05. The van der Waals surface area contributed by atoms with Crippen molar-refractivity contribution in [3.05, 3.63) is 32.2 Å². The summed E-state index contributed by atoms with van der Waals surface area (Å²) in [6.07, 6.45) is 0. The van der Waals surface area contributed by atoms with E-state index in [1.807, 2.05) is 12.1 Å². The van der Waals surface area contributed by atoms with Gasteiger partial charge >= 0.3 is 0 Å². The summed E-state index contributed by atoms with van der Waals surface area (Å²) in [6, 6.07) is 3.73. The molecule has 0 saturated heterocycles. The van der Waals surface area contributed by atoms with Crippen LogP contribution in [0.15, 0.2) is 16.6 Å². The van der Waals surface area contributed by atoms with Crippen LogP contribution in [0.25, 0.3) is 0 Å². The first-order chi connectivity index (χ1) is 5.15. The van der Waals surface area contributed by atoms with Gasteiger partial charge in [-0.15, -0.1) is 0 Å². The van der Waals surface area contributed by atoms with Crippen molar-refractivity contribution in [1.82, 2.24) is 0 Å². The lowest BCUT2D eigenvalue weighted by atomic mass is 10.2. The molecule has 0 aliphatic heterocycles. The van der Waals surface area contributed by atoms with Crippen LogP contribution in [0, 0.1) is 0 Å². The molecule has 0 atom stereocenters. The monoisotopic (exact) mass is 316 g/mol. The van der Waals surface area contributed by atoms with Gasteiger partial charge < -0.3 is 0 Å². The first-order valence-electron chi connectivity index (χ1n) is 2.84. The van der Waals surface area contributed by atoms with Crippen LogP contribution in [0.5, 0.6) is 0 Å². The molecule has 0 bridgehead atoms. The fourth-order valence-electron chi connectivity index (χ4n) is 0.685. The Hall–Kier alpha value is 0.760. The molecular weight excluding hydrogens is 315 g/mol. The summed E-state index contributed by atoms with van der Waals surface area (Å²) in [5.74, 6) is 0. The van der Waals surface area contributed by atoms with Gasteiger partial charge in [0.2, 0.25) is 0 Å². The van der Waals surface area contributed by atoms with Gasteiger partial charge in [0.25, 0.3) is 0 Å². The van der Waals surface area contributed by atoms with E-state index in [4.69, 9.17) is 23.2 Å². The first kappa shape index (κ1) is 9.85. The van der Waals surface area contributed by atoms with Gasteiger partial charge in [0.1, 0.15) is 0 Å². The van der Waals surface area contributed by atoms with Crippen molar-refractivity contribution in [2.24, 2.45) is 0 Å². The minimum Gasteiger partial charge on any atom is -0.0876 e. The Kier molecular flexibility index (Phi) is 3.69. The number of alkyl halides is 1. The van der Waals surface area contributed by atoms with Crippen molar-refractivity contribution in [1.29, 1.82) is 0 Å². The summed E-state index contributed by atoms with van der Waals surface area (Å²) in [6.45, 7) is 0.